The average molecular weight is 277 g/mol. The van der Waals surface area contributed by atoms with Crippen molar-refractivity contribution in [3.63, 3.8) is 0 Å². The molecule has 0 unspecified atom stereocenters. The van der Waals surface area contributed by atoms with E-state index in [1.54, 1.807) is 0 Å². The van der Waals surface area contributed by atoms with Gasteiger partial charge in [-0.05, 0) is 25.7 Å². The second kappa shape index (κ2) is 5.18. The number of esters is 1. The molecule has 1 aliphatic rings. The van der Waals surface area contributed by atoms with Crippen molar-refractivity contribution in [2.75, 3.05) is 6.61 Å². The van der Waals surface area contributed by atoms with E-state index in [4.69, 9.17) is 0 Å². The molecule has 0 aromatic carbocycles. The molecule has 1 fully saturated rings. The van der Waals surface area contributed by atoms with E-state index in [-0.39, 0.29) is 19.1 Å². The molecule has 1 saturated carbocycles. The van der Waals surface area contributed by atoms with Crippen LogP contribution in [0.1, 0.15) is 42.4 Å². The molecule has 5 nitrogen and oxygen atoms in total. The van der Waals surface area contributed by atoms with E-state index in [1.165, 1.54) is 6.92 Å². The lowest BCUT2D eigenvalue weighted by Gasteiger charge is -2.25. The molecule has 0 spiro atoms. The highest BCUT2D eigenvalue weighted by Gasteiger charge is 2.42. The molecule has 0 aliphatic heterocycles. The lowest BCUT2D eigenvalue weighted by Crippen LogP contribution is -2.24. The Kier molecular flexibility index (Phi) is 3.77. The van der Waals surface area contributed by atoms with Crippen molar-refractivity contribution in [2.45, 2.75) is 38.9 Å². The second-order valence-electron chi connectivity index (χ2n) is 4.48. The molecule has 0 saturated heterocycles. The molecule has 1 aliphatic carbocycles. The summed E-state index contributed by atoms with van der Waals surface area (Å²) in [6, 6.07) is 0. The number of rotatable bonds is 4. The maximum Gasteiger partial charge on any atom is 0.435 e. The average Bonchev–Trinajstić information content (AvgIpc) is 2.67. The number of hydrogen-bond acceptors (Lipinski definition) is 4. The summed E-state index contributed by atoms with van der Waals surface area (Å²) in [6.45, 7) is 1.65. The maximum atomic E-state index is 13.0. The third-order valence-electron chi connectivity index (χ3n) is 3.13. The van der Waals surface area contributed by atoms with E-state index in [1.807, 2.05) is 0 Å². The number of carbonyl (C=O) groups is 1. The van der Waals surface area contributed by atoms with Crippen LogP contribution in [0.2, 0.25) is 0 Å². The first-order valence-electron chi connectivity index (χ1n) is 6.11. The number of ether oxygens (including phenoxy) is 1. The lowest BCUT2D eigenvalue weighted by atomic mass is 9.85. The number of alkyl halides is 3. The summed E-state index contributed by atoms with van der Waals surface area (Å²) in [4.78, 5) is 11.5. The zero-order valence-corrected chi connectivity index (χ0v) is 10.4. The fourth-order valence-electron chi connectivity index (χ4n) is 1.98. The van der Waals surface area contributed by atoms with E-state index >= 15 is 0 Å². The SMILES string of the molecule is CCOC(=O)c1nnn(CC2CCC2)c1C(F)(F)F. The van der Waals surface area contributed by atoms with E-state index in [0.717, 1.165) is 23.9 Å². The van der Waals surface area contributed by atoms with Gasteiger partial charge in [0.05, 0.1) is 6.61 Å². The quantitative estimate of drug-likeness (QED) is 0.792. The van der Waals surface area contributed by atoms with Crippen LogP contribution in [-0.4, -0.2) is 27.6 Å². The Bertz CT molecular complexity index is 466. The molecule has 0 N–H and O–H groups in total. The maximum absolute atomic E-state index is 13.0. The first-order valence-corrected chi connectivity index (χ1v) is 6.11. The second-order valence-corrected chi connectivity index (χ2v) is 4.48. The van der Waals surface area contributed by atoms with Crippen LogP contribution in [0.15, 0.2) is 0 Å². The summed E-state index contributed by atoms with van der Waals surface area (Å²) in [5.41, 5.74) is -1.87. The van der Waals surface area contributed by atoms with E-state index in [9.17, 15) is 18.0 Å². The first-order chi connectivity index (χ1) is 8.93. The topological polar surface area (TPSA) is 57.0 Å². The van der Waals surface area contributed by atoms with Crippen LogP contribution in [0.3, 0.4) is 0 Å². The van der Waals surface area contributed by atoms with Gasteiger partial charge in [-0.2, -0.15) is 13.2 Å². The van der Waals surface area contributed by atoms with Gasteiger partial charge >= 0.3 is 12.1 Å². The molecule has 1 aromatic rings. The van der Waals surface area contributed by atoms with Gasteiger partial charge in [-0.25, -0.2) is 9.48 Å². The molecule has 106 valence electrons. The van der Waals surface area contributed by atoms with E-state index < -0.39 is 23.5 Å². The van der Waals surface area contributed by atoms with Crippen LogP contribution in [0.5, 0.6) is 0 Å². The Balaban J connectivity index is 2.30. The van der Waals surface area contributed by atoms with Gasteiger partial charge < -0.3 is 4.74 Å². The van der Waals surface area contributed by atoms with Gasteiger partial charge in [0.2, 0.25) is 5.69 Å². The standard InChI is InChI=1S/C11H14F3N3O2/c1-2-19-10(18)8-9(11(12,13)14)17(16-15-8)6-7-4-3-5-7/h7H,2-6H2,1H3. The van der Waals surface area contributed by atoms with Gasteiger partial charge in [0, 0.05) is 6.54 Å². The van der Waals surface area contributed by atoms with Crippen molar-refractivity contribution in [1.82, 2.24) is 15.0 Å². The Labute approximate surface area is 107 Å². The largest absolute Gasteiger partial charge is 0.461 e. The highest BCUT2D eigenvalue weighted by molar-refractivity contribution is 5.88. The minimum atomic E-state index is -4.67. The van der Waals surface area contributed by atoms with Crippen molar-refractivity contribution in [1.29, 1.82) is 0 Å². The fraction of sp³-hybridized carbons (Fsp3) is 0.727. The first kappa shape index (κ1) is 13.8. The number of aromatic nitrogens is 3. The van der Waals surface area contributed by atoms with Crippen molar-refractivity contribution >= 4 is 5.97 Å². The molecule has 0 radical (unpaired) electrons. The number of hydrogen-bond donors (Lipinski definition) is 0. The van der Waals surface area contributed by atoms with Crippen LogP contribution in [0, 0.1) is 5.92 Å². The smallest absolute Gasteiger partial charge is 0.435 e. The van der Waals surface area contributed by atoms with Crippen molar-refractivity contribution < 1.29 is 22.7 Å². The lowest BCUT2D eigenvalue weighted by molar-refractivity contribution is -0.145. The van der Waals surface area contributed by atoms with Gasteiger partial charge in [-0.3, -0.25) is 0 Å². The number of carbonyl (C=O) groups excluding carboxylic acids is 1. The number of nitrogens with zero attached hydrogens (tertiary/aromatic N) is 3. The molecule has 0 atom stereocenters. The third-order valence-corrected chi connectivity index (χ3v) is 3.13. The van der Waals surface area contributed by atoms with Crippen molar-refractivity contribution in [3.8, 4) is 0 Å². The predicted octanol–water partition coefficient (Wildman–Crippen LogP) is 2.27. The third kappa shape index (κ3) is 2.87. The van der Waals surface area contributed by atoms with Crippen LogP contribution in [-0.2, 0) is 17.5 Å². The molecular weight excluding hydrogens is 263 g/mol. The summed E-state index contributed by atoms with van der Waals surface area (Å²) >= 11 is 0. The fourth-order valence-corrected chi connectivity index (χ4v) is 1.98. The highest BCUT2D eigenvalue weighted by Crippen LogP contribution is 2.34. The summed E-state index contributed by atoms with van der Waals surface area (Å²) in [5.74, 6) is -0.910. The van der Waals surface area contributed by atoms with E-state index in [0.29, 0.717) is 0 Å². The Morgan fingerprint density at radius 1 is 1.47 bits per heavy atom. The molecule has 1 aromatic heterocycles. The summed E-state index contributed by atoms with van der Waals surface area (Å²) in [7, 11) is 0. The Hall–Kier alpha value is -1.60. The van der Waals surface area contributed by atoms with Gasteiger partial charge in [-0.1, -0.05) is 11.6 Å². The summed E-state index contributed by atoms with van der Waals surface area (Å²) in [6.07, 6.45) is -1.89. The van der Waals surface area contributed by atoms with Gasteiger partial charge in [0.15, 0.2) is 5.69 Å². The summed E-state index contributed by atoms with van der Waals surface area (Å²) in [5, 5.41) is 6.78. The molecule has 8 heteroatoms. The summed E-state index contributed by atoms with van der Waals surface area (Å²) < 4.78 is 44.4. The zero-order chi connectivity index (χ0) is 14.0. The van der Waals surface area contributed by atoms with Crippen LogP contribution in [0.25, 0.3) is 0 Å². The van der Waals surface area contributed by atoms with Crippen LogP contribution in [0.4, 0.5) is 13.2 Å². The molecule has 1 heterocycles. The van der Waals surface area contributed by atoms with Gasteiger partial charge in [0.1, 0.15) is 0 Å². The van der Waals surface area contributed by atoms with Gasteiger partial charge in [0.25, 0.3) is 0 Å². The minimum Gasteiger partial charge on any atom is -0.461 e. The van der Waals surface area contributed by atoms with Gasteiger partial charge in [-0.15, -0.1) is 5.10 Å². The minimum absolute atomic E-state index is 0.00832. The molecule has 19 heavy (non-hydrogen) atoms. The van der Waals surface area contributed by atoms with Crippen LogP contribution < -0.4 is 0 Å². The predicted molar refractivity (Wildman–Crippen MR) is 58.3 cm³/mol. The molecular formula is C11H14F3N3O2. The normalized spacial score (nSPS) is 16.2. The molecule has 0 amide bonds. The molecule has 2 rings (SSSR count). The Morgan fingerprint density at radius 2 is 2.16 bits per heavy atom. The van der Waals surface area contributed by atoms with Crippen molar-refractivity contribution in [3.05, 3.63) is 11.4 Å². The van der Waals surface area contributed by atoms with Crippen molar-refractivity contribution in [2.24, 2.45) is 5.92 Å². The Morgan fingerprint density at radius 3 is 2.63 bits per heavy atom. The monoisotopic (exact) mass is 277 g/mol. The van der Waals surface area contributed by atoms with E-state index in [2.05, 4.69) is 15.0 Å². The zero-order valence-electron chi connectivity index (χ0n) is 10.4. The number of halogens is 3. The van der Waals surface area contributed by atoms with Crippen LogP contribution >= 0.6 is 0 Å². The highest BCUT2D eigenvalue weighted by atomic mass is 19.4. The molecule has 0 bridgehead atoms.